The van der Waals surface area contributed by atoms with Crippen molar-refractivity contribution in [2.75, 3.05) is 18.1 Å². The van der Waals surface area contributed by atoms with Crippen LogP contribution >= 0.6 is 22.6 Å². The van der Waals surface area contributed by atoms with Gasteiger partial charge in [-0.1, -0.05) is 5.92 Å². The largest absolute Gasteiger partial charge is 0.380 e. The highest BCUT2D eigenvalue weighted by molar-refractivity contribution is 14.1. The SMILES string of the molecule is Cc1cc(N(C(=O)C#CC2CCOC2)c2ccc3c(n2)c(=O)n(C)n3C)c(C2CC2)cc1I. The molecule has 0 spiro atoms. The first kappa shape index (κ1) is 22.2. The van der Waals surface area contributed by atoms with Crippen LogP contribution < -0.4 is 10.5 Å². The Hall–Kier alpha value is -2.64. The van der Waals surface area contributed by atoms with Crippen LogP contribution in [0.3, 0.4) is 0 Å². The van der Waals surface area contributed by atoms with Crippen LogP contribution in [-0.4, -0.2) is 33.5 Å². The summed E-state index contributed by atoms with van der Waals surface area (Å²) in [6.07, 6.45) is 3.04. The normalized spacial score (nSPS) is 17.8. The number of pyridine rings is 1. The third kappa shape index (κ3) is 4.08. The van der Waals surface area contributed by atoms with Gasteiger partial charge in [-0.05, 0) is 96.0 Å². The number of aryl methyl sites for hydroxylation is 2. The second-order valence-electron chi connectivity index (χ2n) is 8.79. The molecule has 1 aromatic carbocycles. The van der Waals surface area contributed by atoms with Gasteiger partial charge in [0.1, 0.15) is 5.82 Å². The minimum Gasteiger partial charge on any atom is -0.380 e. The van der Waals surface area contributed by atoms with E-state index < -0.39 is 0 Å². The Labute approximate surface area is 205 Å². The molecule has 1 saturated heterocycles. The van der Waals surface area contributed by atoms with E-state index >= 15 is 0 Å². The summed E-state index contributed by atoms with van der Waals surface area (Å²) in [5.74, 6) is 6.49. The lowest BCUT2D eigenvalue weighted by atomic mass is 10.0. The molecule has 0 bridgehead atoms. The zero-order valence-corrected chi connectivity index (χ0v) is 21.0. The topological polar surface area (TPSA) is 69.4 Å². The molecule has 1 aliphatic heterocycles. The minimum atomic E-state index is -0.344. The van der Waals surface area contributed by atoms with Gasteiger partial charge in [0.2, 0.25) is 0 Å². The van der Waals surface area contributed by atoms with Crippen molar-refractivity contribution in [2.24, 2.45) is 20.0 Å². The zero-order chi connectivity index (χ0) is 23.3. The van der Waals surface area contributed by atoms with E-state index in [0.717, 1.165) is 36.1 Å². The van der Waals surface area contributed by atoms with Gasteiger partial charge in [-0.3, -0.25) is 23.9 Å². The van der Waals surface area contributed by atoms with Crippen LogP contribution in [0.15, 0.2) is 29.1 Å². The van der Waals surface area contributed by atoms with Crippen molar-refractivity contribution in [3.05, 3.63) is 49.3 Å². The van der Waals surface area contributed by atoms with E-state index in [1.807, 2.05) is 26.1 Å². The number of aromatic nitrogens is 3. The molecule has 1 aliphatic carbocycles. The molecule has 7 nitrogen and oxygen atoms in total. The maximum absolute atomic E-state index is 13.6. The molecule has 0 N–H and O–H groups in total. The summed E-state index contributed by atoms with van der Waals surface area (Å²) in [4.78, 5) is 32.6. The third-order valence-corrected chi connectivity index (χ3v) is 7.63. The van der Waals surface area contributed by atoms with Gasteiger partial charge in [0, 0.05) is 30.2 Å². The quantitative estimate of drug-likeness (QED) is 0.364. The van der Waals surface area contributed by atoms with Crippen molar-refractivity contribution in [1.82, 2.24) is 14.3 Å². The van der Waals surface area contributed by atoms with Crippen molar-refractivity contribution < 1.29 is 9.53 Å². The number of anilines is 2. The van der Waals surface area contributed by atoms with Gasteiger partial charge in [0.25, 0.3) is 5.56 Å². The van der Waals surface area contributed by atoms with Gasteiger partial charge in [0.05, 0.1) is 17.8 Å². The number of rotatable bonds is 3. The maximum Gasteiger partial charge on any atom is 0.308 e. The van der Waals surface area contributed by atoms with E-state index in [1.165, 1.54) is 8.25 Å². The number of benzene rings is 1. The Bertz CT molecular complexity index is 1380. The van der Waals surface area contributed by atoms with Crippen molar-refractivity contribution >= 4 is 51.0 Å². The summed E-state index contributed by atoms with van der Waals surface area (Å²) >= 11 is 2.34. The van der Waals surface area contributed by atoms with Crippen LogP contribution in [0.25, 0.3) is 11.0 Å². The third-order valence-electron chi connectivity index (χ3n) is 6.47. The number of ether oxygens (including phenoxy) is 1. The molecule has 8 heteroatoms. The number of nitrogens with zero attached hydrogens (tertiary/aromatic N) is 4. The van der Waals surface area contributed by atoms with Gasteiger partial charge in [-0.2, -0.15) is 0 Å². The second-order valence-corrected chi connectivity index (χ2v) is 9.96. The Kier molecular flexibility index (Phi) is 5.79. The number of halogens is 1. The predicted octanol–water partition coefficient (Wildman–Crippen LogP) is 3.77. The lowest BCUT2D eigenvalue weighted by molar-refractivity contribution is -0.112. The molecule has 3 aromatic rings. The summed E-state index contributed by atoms with van der Waals surface area (Å²) in [7, 11) is 3.52. The van der Waals surface area contributed by atoms with Crippen LogP contribution in [0, 0.1) is 28.3 Å². The van der Waals surface area contributed by atoms with E-state index in [2.05, 4.69) is 45.5 Å². The van der Waals surface area contributed by atoms with E-state index in [-0.39, 0.29) is 17.4 Å². The monoisotopic (exact) mass is 556 g/mol. The predicted molar refractivity (Wildman–Crippen MR) is 136 cm³/mol. The average molecular weight is 556 g/mol. The Morgan fingerprint density at radius 2 is 2.00 bits per heavy atom. The van der Waals surface area contributed by atoms with Gasteiger partial charge >= 0.3 is 5.91 Å². The number of hydrogen-bond acceptors (Lipinski definition) is 4. The highest BCUT2D eigenvalue weighted by Gasteiger charge is 2.31. The van der Waals surface area contributed by atoms with Gasteiger partial charge in [-0.25, -0.2) is 4.98 Å². The molecule has 1 atom stereocenters. The van der Waals surface area contributed by atoms with Crippen LogP contribution in [0.2, 0.25) is 0 Å². The Morgan fingerprint density at radius 1 is 1.21 bits per heavy atom. The molecule has 2 aliphatic rings. The fraction of sp³-hybridized carbons (Fsp3) is 0.400. The van der Waals surface area contributed by atoms with E-state index in [1.54, 1.807) is 22.7 Å². The van der Waals surface area contributed by atoms with Crippen molar-refractivity contribution in [3.8, 4) is 11.8 Å². The van der Waals surface area contributed by atoms with Crippen molar-refractivity contribution in [3.63, 3.8) is 0 Å². The number of fused-ring (bicyclic) bond motifs is 1. The first-order valence-corrected chi connectivity index (χ1v) is 12.2. The van der Waals surface area contributed by atoms with Gasteiger partial charge in [-0.15, -0.1) is 0 Å². The van der Waals surface area contributed by atoms with Crippen LogP contribution in [0.5, 0.6) is 0 Å². The number of carbonyl (C=O) groups is 1. The molecular weight excluding hydrogens is 531 g/mol. The lowest BCUT2D eigenvalue weighted by Gasteiger charge is -2.24. The van der Waals surface area contributed by atoms with Crippen molar-refractivity contribution in [2.45, 2.75) is 32.1 Å². The van der Waals surface area contributed by atoms with Crippen LogP contribution in [-0.2, 0) is 23.6 Å². The number of hydrogen-bond donors (Lipinski definition) is 0. The second kappa shape index (κ2) is 8.61. The van der Waals surface area contributed by atoms with E-state index in [4.69, 9.17) is 4.74 Å². The fourth-order valence-corrected chi connectivity index (χ4v) is 4.73. The Balaban J connectivity index is 1.68. The molecule has 5 rings (SSSR count). The summed E-state index contributed by atoms with van der Waals surface area (Å²) in [5.41, 5.74) is 3.87. The molecule has 3 heterocycles. The van der Waals surface area contributed by atoms with E-state index in [0.29, 0.717) is 36.0 Å². The highest BCUT2D eigenvalue weighted by atomic mass is 127. The molecule has 170 valence electrons. The summed E-state index contributed by atoms with van der Waals surface area (Å²) < 4.78 is 9.84. The van der Waals surface area contributed by atoms with Gasteiger partial charge in [0.15, 0.2) is 5.52 Å². The molecule has 0 radical (unpaired) electrons. The summed E-state index contributed by atoms with van der Waals surface area (Å²) in [6.45, 7) is 3.27. The number of carbonyl (C=O) groups excluding carboxylic acids is 1. The lowest BCUT2D eigenvalue weighted by Crippen LogP contribution is -2.27. The molecule has 1 unspecified atom stereocenters. The van der Waals surface area contributed by atoms with Crippen LogP contribution in [0.1, 0.15) is 36.3 Å². The summed E-state index contributed by atoms with van der Waals surface area (Å²) in [5, 5.41) is 0. The standard InChI is InChI=1S/C25H25IN4O3/c1-15-12-21(18(13-19(15)26)17-5-6-17)30(23(31)9-4-16-10-11-33-14-16)22-8-7-20-24(27-22)25(32)29(3)28(20)2/h7-8,12-13,16-17H,5-6,10-11,14H2,1-3H3. The molecule has 1 amide bonds. The smallest absolute Gasteiger partial charge is 0.308 e. The van der Waals surface area contributed by atoms with Crippen LogP contribution in [0.4, 0.5) is 11.5 Å². The fourth-order valence-electron chi connectivity index (χ4n) is 4.24. The van der Waals surface area contributed by atoms with Crippen molar-refractivity contribution in [1.29, 1.82) is 0 Å². The van der Waals surface area contributed by atoms with Gasteiger partial charge < -0.3 is 4.74 Å². The molecular formula is C25H25IN4O3. The summed E-state index contributed by atoms with van der Waals surface area (Å²) in [6, 6.07) is 7.85. The first-order valence-electron chi connectivity index (χ1n) is 11.1. The minimum absolute atomic E-state index is 0.0639. The number of amides is 1. The molecule has 2 aromatic heterocycles. The maximum atomic E-state index is 13.6. The molecule has 2 fully saturated rings. The molecule has 33 heavy (non-hydrogen) atoms. The first-order chi connectivity index (χ1) is 15.8. The van der Waals surface area contributed by atoms with E-state index in [9.17, 15) is 9.59 Å². The molecule has 1 saturated carbocycles. The average Bonchev–Trinajstić information content (AvgIpc) is 3.47. The zero-order valence-electron chi connectivity index (χ0n) is 18.9. The Morgan fingerprint density at radius 3 is 2.70 bits per heavy atom. The highest BCUT2D eigenvalue weighted by Crippen LogP contribution is 2.46.